The van der Waals surface area contributed by atoms with Crippen LogP contribution in [-0.2, 0) is 16.0 Å². The van der Waals surface area contributed by atoms with Gasteiger partial charge in [0.15, 0.2) is 0 Å². The topological polar surface area (TPSA) is 52.3 Å². The van der Waals surface area contributed by atoms with Crippen LogP contribution in [0.4, 0.5) is 5.69 Å². The highest BCUT2D eigenvalue weighted by molar-refractivity contribution is 5.75. The van der Waals surface area contributed by atoms with Crippen LogP contribution in [0.1, 0.15) is 37.8 Å². The third kappa shape index (κ3) is 3.26. The van der Waals surface area contributed by atoms with Gasteiger partial charge in [-0.3, -0.25) is 4.79 Å². The fraction of sp³-hybridized carbons (Fsp3) is 0.462. The maximum atomic E-state index is 11.4. The van der Waals surface area contributed by atoms with Crippen molar-refractivity contribution < 1.29 is 9.53 Å². The van der Waals surface area contributed by atoms with E-state index < -0.39 is 0 Å². The van der Waals surface area contributed by atoms with Crippen molar-refractivity contribution in [3.63, 3.8) is 0 Å². The van der Waals surface area contributed by atoms with Crippen molar-refractivity contribution in [1.29, 1.82) is 0 Å². The molecule has 0 aliphatic rings. The summed E-state index contributed by atoms with van der Waals surface area (Å²) in [4.78, 5) is 11.4. The molecular weight excluding hydrogens is 202 g/mol. The molecule has 0 saturated heterocycles. The maximum Gasteiger partial charge on any atom is 0.310 e. The third-order valence-corrected chi connectivity index (χ3v) is 2.47. The summed E-state index contributed by atoms with van der Waals surface area (Å²) < 4.78 is 4.91. The van der Waals surface area contributed by atoms with E-state index in [4.69, 9.17) is 10.5 Å². The van der Waals surface area contributed by atoms with Crippen molar-refractivity contribution >= 4 is 11.7 Å². The number of nitrogen functional groups attached to an aromatic ring is 1. The second-order valence-corrected chi connectivity index (χ2v) is 4.09. The first-order chi connectivity index (χ1) is 7.54. The number of hydrogen-bond acceptors (Lipinski definition) is 3. The number of hydrogen-bond donors (Lipinski definition) is 1. The molecule has 0 bridgehead atoms. The molecule has 0 aliphatic heterocycles. The Kier molecular flexibility index (Phi) is 4.35. The van der Waals surface area contributed by atoms with Gasteiger partial charge in [-0.05, 0) is 30.0 Å². The second kappa shape index (κ2) is 5.54. The number of nitrogens with two attached hydrogens (primary N) is 1. The van der Waals surface area contributed by atoms with Crippen LogP contribution in [0.15, 0.2) is 18.2 Å². The molecule has 0 fully saturated rings. The summed E-state index contributed by atoms with van der Waals surface area (Å²) >= 11 is 0. The molecular formula is C13H19NO2. The lowest BCUT2D eigenvalue weighted by Crippen LogP contribution is -2.09. The summed E-state index contributed by atoms with van der Waals surface area (Å²) in [7, 11) is 0. The van der Waals surface area contributed by atoms with Crippen LogP contribution < -0.4 is 5.73 Å². The zero-order valence-corrected chi connectivity index (χ0v) is 10.1. The van der Waals surface area contributed by atoms with Crippen LogP contribution in [0, 0.1) is 0 Å². The predicted molar refractivity (Wildman–Crippen MR) is 65.3 cm³/mol. The highest BCUT2D eigenvalue weighted by Crippen LogP contribution is 2.21. The Morgan fingerprint density at radius 1 is 1.44 bits per heavy atom. The smallest absolute Gasteiger partial charge is 0.310 e. The van der Waals surface area contributed by atoms with Crippen molar-refractivity contribution in [1.82, 2.24) is 0 Å². The number of carbonyl (C=O) groups is 1. The minimum Gasteiger partial charge on any atom is -0.466 e. The molecule has 2 N–H and O–H groups in total. The van der Waals surface area contributed by atoms with Crippen LogP contribution in [0.2, 0.25) is 0 Å². The molecule has 88 valence electrons. The maximum absolute atomic E-state index is 11.4. The molecule has 3 nitrogen and oxygen atoms in total. The van der Waals surface area contributed by atoms with Gasteiger partial charge in [-0.2, -0.15) is 0 Å². The number of benzene rings is 1. The molecule has 16 heavy (non-hydrogen) atoms. The summed E-state index contributed by atoms with van der Waals surface area (Å²) in [5.41, 5.74) is 8.52. The van der Waals surface area contributed by atoms with E-state index in [0.29, 0.717) is 18.2 Å². The third-order valence-electron chi connectivity index (χ3n) is 2.47. The van der Waals surface area contributed by atoms with Crippen LogP contribution in [0.5, 0.6) is 0 Å². The first-order valence-electron chi connectivity index (χ1n) is 5.58. The lowest BCUT2D eigenvalue weighted by Gasteiger charge is -2.10. The molecule has 0 heterocycles. The van der Waals surface area contributed by atoms with Crippen LogP contribution in [0.3, 0.4) is 0 Å². The molecule has 1 aromatic rings. The monoisotopic (exact) mass is 221 g/mol. The van der Waals surface area contributed by atoms with Crippen LogP contribution >= 0.6 is 0 Å². The van der Waals surface area contributed by atoms with Gasteiger partial charge in [0.25, 0.3) is 0 Å². The molecule has 3 heteroatoms. The highest BCUT2D eigenvalue weighted by Gasteiger charge is 2.09. The fourth-order valence-electron chi connectivity index (χ4n) is 1.51. The van der Waals surface area contributed by atoms with Crippen molar-refractivity contribution in [3.8, 4) is 0 Å². The lowest BCUT2D eigenvalue weighted by atomic mass is 9.98. The van der Waals surface area contributed by atoms with Gasteiger partial charge < -0.3 is 10.5 Å². The van der Waals surface area contributed by atoms with Crippen molar-refractivity contribution in [2.75, 3.05) is 12.3 Å². The molecule has 1 rings (SSSR count). The average molecular weight is 221 g/mol. The number of esters is 1. The van der Waals surface area contributed by atoms with E-state index in [2.05, 4.69) is 13.8 Å². The van der Waals surface area contributed by atoms with Gasteiger partial charge in [-0.15, -0.1) is 0 Å². The van der Waals surface area contributed by atoms with Gasteiger partial charge >= 0.3 is 5.97 Å². The van der Waals surface area contributed by atoms with Crippen molar-refractivity contribution in [2.45, 2.75) is 33.1 Å². The summed E-state index contributed by atoms with van der Waals surface area (Å²) in [5.74, 6) is 0.205. The molecule has 0 unspecified atom stereocenters. The van der Waals surface area contributed by atoms with Gasteiger partial charge in [0.05, 0.1) is 13.0 Å². The number of ether oxygens (including phenoxy) is 1. The van der Waals surface area contributed by atoms with E-state index in [1.165, 1.54) is 5.56 Å². The van der Waals surface area contributed by atoms with Crippen molar-refractivity contribution in [2.24, 2.45) is 0 Å². The molecule has 0 radical (unpaired) electrons. The van der Waals surface area contributed by atoms with Gasteiger partial charge in [-0.1, -0.05) is 26.0 Å². The van der Waals surface area contributed by atoms with E-state index >= 15 is 0 Å². The van der Waals surface area contributed by atoms with Gasteiger partial charge in [0, 0.05) is 5.69 Å². The lowest BCUT2D eigenvalue weighted by molar-refractivity contribution is -0.142. The Bertz CT molecular complexity index is 372. The molecule has 0 amide bonds. The summed E-state index contributed by atoms with van der Waals surface area (Å²) in [6, 6.07) is 5.83. The molecule has 0 saturated carbocycles. The Morgan fingerprint density at radius 2 is 2.12 bits per heavy atom. The number of anilines is 1. The zero-order chi connectivity index (χ0) is 12.1. The average Bonchev–Trinajstić information content (AvgIpc) is 2.21. The van der Waals surface area contributed by atoms with Gasteiger partial charge in [-0.25, -0.2) is 0 Å². The summed E-state index contributed by atoms with van der Waals surface area (Å²) in [6.45, 7) is 6.42. The largest absolute Gasteiger partial charge is 0.466 e. The summed E-state index contributed by atoms with van der Waals surface area (Å²) in [6.07, 6.45) is 0.250. The molecule has 0 aliphatic carbocycles. The quantitative estimate of drug-likeness (QED) is 0.627. The van der Waals surface area contributed by atoms with E-state index in [0.717, 1.165) is 5.56 Å². The summed E-state index contributed by atoms with van der Waals surface area (Å²) in [5, 5.41) is 0. The number of rotatable bonds is 4. The van der Waals surface area contributed by atoms with Gasteiger partial charge in [0.1, 0.15) is 0 Å². The van der Waals surface area contributed by atoms with E-state index in [1.54, 1.807) is 6.92 Å². The molecule has 0 spiro atoms. The first-order valence-corrected chi connectivity index (χ1v) is 5.58. The van der Waals surface area contributed by atoms with E-state index in [1.807, 2.05) is 18.2 Å². The normalized spacial score (nSPS) is 10.5. The predicted octanol–water partition coefficient (Wildman–Crippen LogP) is 2.50. The Labute approximate surface area is 96.6 Å². The Balaban J connectivity index is 2.86. The molecule has 1 aromatic carbocycles. The van der Waals surface area contributed by atoms with Gasteiger partial charge in [0.2, 0.25) is 0 Å². The van der Waals surface area contributed by atoms with E-state index in [-0.39, 0.29) is 12.4 Å². The zero-order valence-electron chi connectivity index (χ0n) is 10.1. The highest BCUT2D eigenvalue weighted by atomic mass is 16.5. The fourth-order valence-corrected chi connectivity index (χ4v) is 1.51. The standard InChI is InChI=1S/C13H19NO2/c1-4-16-13(15)8-11-7-10(9(2)3)5-6-12(11)14/h5-7,9H,4,8,14H2,1-3H3. The molecule has 0 atom stereocenters. The SMILES string of the molecule is CCOC(=O)Cc1cc(C(C)C)ccc1N. The van der Waals surface area contributed by atoms with E-state index in [9.17, 15) is 4.79 Å². The van der Waals surface area contributed by atoms with Crippen LogP contribution in [-0.4, -0.2) is 12.6 Å². The molecule has 0 aromatic heterocycles. The second-order valence-electron chi connectivity index (χ2n) is 4.09. The van der Waals surface area contributed by atoms with Crippen molar-refractivity contribution in [3.05, 3.63) is 29.3 Å². The van der Waals surface area contributed by atoms with Crippen LogP contribution in [0.25, 0.3) is 0 Å². The Hall–Kier alpha value is -1.51. The minimum absolute atomic E-state index is 0.227. The Morgan fingerprint density at radius 3 is 2.69 bits per heavy atom. The minimum atomic E-state index is -0.227. The first kappa shape index (κ1) is 12.6. The number of carbonyl (C=O) groups excluding carboxylic acids is 1.